The van der Waals surface area contributed by atoms with Gasteiger partial charge in [0.25, 0.3) is 0 Å². The lowest BCUT2D eigenvalue weighted by Gasteiger charge is -2.00. The zero-order valence-electron chi connectivity index (χ0n) is 8.29. The minimum atomic E-state index is 0.738. The van der Waals surface area contributed by atoms with E-state index in [0.717, 1.165) is 29.0 Å². The van der Waals surface area contributed by atoms with Crippen molar-refractivity contribution in [1.82, 2.24) is 10.5 Å². The highest BCUT2D eigenvalue weighted by atomic mass is 79.9. The molecule has 0 spiro atoms. The minimum Gasteiger partial charge on any atom is -0.361 e. The summed E-state index contributed by atoms with van der Waals surface area (Å²) in [6, 6.07) is 4.00. The zero-order chi connectivity index (χ0) is 10.7. The molecule has 0 bridgehead atoms. The molecular weight excluding hydrogens is 276 g/mol. The summed E-state index contributed by atoms with van der Waals surface area (Å²) in [5.74, 6) is 0.851. The van der Waals surface area contributed by atoms with Crippen molar-refractivity contribution in [2.75, 3.05) is 0 Å². The molecule has 2 rings (SSSR count). The molecule has 80 valence electrons. The summed E-state index contributed by atoms with van der Waals surface area (Å²) < 4.78 is 6.14. The summed E-state index contributed by atoms with van der Waals surface area (Å²) >= 11 is 5.23. The Labute approximate surface area is 101 Å². The maximum Gasteiger partial charge on any atom is 0.133 e. The number of hydrogen-bond donors (Lipinski definition) is 1. The van der Waals surface area contributed by atoms with Gasteiger partial charge >= 0.3 is 0 Å². The van der Waals surface area contributed by atoms with Crippen LogP contribution in [0.2, 0.25) is 0 Å². The highest BCUT2D eigenvalue weighted by molar-refractivity contribution is 9.10. The predicted molar refractivity (Wildman–Crippen MR) is 63.8 cm³/mol. The van der Waals surface area contributed by atoms with E-state index < -0.39 is 0 Å². The van der Waals surface area contributed by atoms with Crippen molar-refractivity contribution in [1.29, 1.82) is 0 Å². The van der Waals surface area contributed by atoms with Gasteiger partial charge in [-0.05, 0) is 34.3 Å². The minimum absolute atomic E-state index is 0.738. The van der Waals surface area contributed by atoms with Crippen LogP contribution in [0.3, 0.4) is 0 Å². The van der Waals surface area contributed by atoms with E-state index in [-0.39, 0.29) is 0 Å². The van der Waals surface area contributed by atoms with Crippen LogP contribution in [0.5, 0.6) is 0 Å². The summed E-state index contributed by atoms with van der Waals surface area (Å²) in [7, 11) is 0. The van der Waals surface area contributed by atoms with Crippen LogP contribution in [0.4, 0.5) is 0 Å². The summed E-state index contributed by atoms with van der Waals surface area (Å²) in [6.45, 7) is 3.48. The van der Waals surface area contributed by atoms with E-state index in [1.54, 1.807) is 11.3 Å². The highest BCUT2D eigenvalue weighted by Crippen LogP contribution is 2.22. The van der Waals surface area contributed by atoms with Crippen molar-refractivity contribution in [3.8, 4) is 0 Å². The summed E-state index contributed by atoms with van der Waals surface area (Å²) in [5.41, 5.74) is 0.945. The van der Waals surface area contributed by atoms with Crippen LogP contribution in [0.15, 0.2) is 26.5 Å². The Balaban J connectivity index is 1.83. The Bertz CT molecular complexity index is 438. The van der Waals surface area contributed by atoms with E-state index in [9.17, 15) is 0 Å². The maximum absolute atomic E-state index is 4.98. The smallest absolute Gasteiger partial charge is 0.133 e. The standard InChI is InChI=1S/C10H11BrN2OS/c1-7-4-8(13-14-7)5-12-6-10-9(11)2-3-15-10/h2-4,12H,5-6H2,1H3. The Morgan fingerprint density at radius 1 is 1.53 bits per heavy atom. The molecule has 0 aliphatic rings. The fraction of sp³-hybridized carbons (Fsp3) is 0.300. The first kappa shape index (κ1) is 10.9. The van der Waals surface area contributed by atoms with Gasteiger partial charge < -0.3 is 9.84 Å². The normalized spacial score (nSPS) is 10.8. The lowest BCUT2D eigenvalue weighted by Crippen LogP contribution is -2.12. The molecule has 0 saturated heterocycles. The molecule has 0 aromatic carbocycles. The molecule has 0 radical (unpaired) electrons. The van der Waals surface area contributed by atoms with Gasteiger partial charge in [-0.15, -0.1) is 11.3 Å². The molecule has 2 aromatic rings. The fourth-order valence-electron chi connectivity index (χ4n) is 1.26. The Morgan fingerprint density at radius 3 is 3.00 bits per heavy atom. The van der Waals surface area contributed by atoms with Gasteiger partial charge in [-0.3, -0.25) is 0 Å². The molecular formula is C10H11BrN2OS. The molecule has 0 fully saturated rings. The van der Waals surface area contributed by atoms with E-state index in [1.165, 1.54) is 4.88 Å². The van der Waals surface area contributed by atoms with Gasteiger partial charge in [-0.25, -0.2) is 0 Å². The second kappa shape index (κ2) is 4.92. The molecule has 0 saturated carbocycles. The van der Waals surface area contributed by atoms with E-state index in [4.69, 9.17) is 4.52 Å². The van der Waals surface area contributed by atoms with Crippen molar-refractivity contribution in [3.05, 3.63) is 38.3 Å². The molecule has 0 unspecified atom stereocenters. The van der Waals surface area contributed by atoms with Crippen LogP contribution in [0, 0.1) is 6.92 Å². The lowest BCUT2D eigenvalue weighted by atomic mass is 10.3. The first-order valence-electron chi connectivity index (χ1n) is 4.60. The second-order valence-corrected chi connectivity index (χ2v) is 5.08. The van der Waals surface area contributed by atoms with Gasteiger partial charge in [-0.1, -0.05) is 5.16 Å². The fourth-order valence-corrected chi connectivity index (χ4v) is 2.72. The van der Waals surface area contributed by atoms with E-state index >= 15 is 0 Å². The van der Waals surface area contributed by atoms with Crippen molar-refractivity contribution in [3.63, 3.8) is 0 Å². The monoisotopic (exact) mass is 286 g/mol. The average Bonchev–Trinajstić information content (AvgIpc) is 2.77. The number of rotatable bonds is 4. The molecule has 0 aliphatic carbocycles. The first-order valence-corrected chi connectivity index (χ1v) is 6.28. The van der Waals surface area contributed by atoms with Gasteiger partial charge in [0.05, 0.1) is 5.69 Å². The third kappa shape index (κ3) is 2.90. The summed E-state index contributed by atoms with van der Waals surface area (Å²) in [6.07, 6.45) is 0. The van der Waals surface area contributed by atoms with Gasteiger partial charge in [-0.2, -0.15) is 0 Å². The van der Waals surface area contributed by atoms with Crippen LogP contribution in [-0.2, 0) is 13.1 Å². The highest BCUT2D eigenvalue weighted by Gasteiger charge is 2.02. The van der Waals surface area contributed by atoms with E-state index in [2.05, 4.69) is 37.8 Å². The molecule has 2 aromatic heterocycles. The third-order valence-electron chi connectivity index (χ3n) is 1.96. The molecule has 5 heteroatoms. The first-order chi connectivity index (χ1) is 7.25. The van der Waals surface area contributed by atoms with Crippen LogP contribution in [0.1, 0.15) is 16.3 Å². The van der Waals surface area contributed by atoms with Crippen LogP contribution >= 0.6 is 27.3 Å². The number of nitrogens with one attached hydrogen (secondary N) is 1. The Morgan fingerprint density at radius 2 is 2.40 bits per heavy atom. The summed E-state index contributed by atoms with van der Waals surface area (Å²) in [4.78, 5) is 1.30. The molecule has 0 amide bonds. The number of hydrogen-bond acceptors (Lipinski definition) is 4. The number of thiophene rings is 1. The molecule has 15 heavy (non-hydrogen) atoms. The molecule has 0 aliphatic heterocycles. The molecule has 0 atom stereocenters. The number of aromatic nitrogens is 1. The van der Waals surface area contributed by atoms with E-state index in [1.807, 2.05) is 13.0 Å². The van der Waals surface area contributed by atoms with Crippen LogP contribution in [0.25, 0.3) is 0 Å². The van der Waals surface area contributed by atoms with Crippen LogP contribution < -0.4 is 5.32 Å². The third-order valence-corrected chi connectivity index (χ3v) is 3.89. The molecule has 3 nitrogen and oxygen atoms in total. The zero-order valence-corrected chi connectivity index (χ0v) is 10.7. The Hall–Kier alpha value is -0.650. The molecule has 1 N–H and O–H groups in total. The van der Waals surface area contributed by atoms with Crippen molar-refractivity contribution >= 4 is 27.3 Å². The summed E-state index contributed by atoms with van der Waals surface area (Å²) in [5, 5.41) is 9.30. The SMILES string of the molecule is Cc1cc(CNCc2sccc2Br)no1. The van der Waals surface area contributed by atoms with Gasteiger partial charge in [0.1, 0.15) is 5.76 Å². The van der Waals surface area contributed by atoms with Gasteiger partial charge in [0.15, 0.2) is 0 Å². The number of aryl methyl sites for hydroxylation is 1. The van der Waals surface area contributed by atoms with E-state index in [0.29, 0.717) is 0 Å². The number of nitrogens with zero attached hydrogens (tertiary/aromatic N) is 1. The van der Waals surface area contributed by atoms with Crippen molar-refractivity contribution in [2.45, 2.75) is 20.0 Å². The predicted octanol–water partition coefficient (Wildman–Crippen LogP) is 3.10. The number of halogens is 1. The van der Waals surface area contributed by atoms with Crippen molar-refractivity contribution < 1.29 is 4.52 Å². The van der Waals surface area contributed by atoms with Crippen LogP contribution in [-0.4, -0.2) is 5.16 Å². The topological polar surface area (TPSA) is 38.1 Å². The second-order valence-electron chi connectivity index (χ2n) is 3.22. The van der Waals surface area contributed by atoms with Gasteiger partial charge in [0, 0.05) is 28.5 Å². The van der Waals surface area contributed by atoms with Gasteiger partial charge in [0.2, 0.25) is 0 Å². The maximum atomic E-state index is 4.98. The Kier molecular flexibility index (Phi) is 3.56. The van der Waals surface area contributed by atoms with Crippen molar-refractivity contribution in [2.24, 2.45) is 0 Å². The average molecular weight is 287 g/mol. The largest absolute Gasteiger partial charge is 0.361 e. The lowest BCUT2D eigenvalue weighted by molar-refractivity contribution is 0.388. The molecule has 2 heterocycles. The quantitative estimate of drug-likeness (QED) is 0.939.